The largest absolute Gasteiger partial charge is 0.416 e. The molecule has 0 saturated carbocycles. The third kappa shape index (κ3) is 4.75. The highest BCUT2D eigenvalue weighted by atomic mass is 19.4. The summed E-state index contributed by atoms with van der Waals surface area (Å²) in [5.74, 6) is -0.231. The lowest BCUT2D eigenvalue weighted by Gasteiger charge is -2.09. The number of alkyl halides is 3. The van der Waals surface area contributed by atoms with Crippen molar-refractivity contribution in [3.8, 4) is 5.69 Å². The number of hydrogen-bond acceptors (Lipinski definition) is 2. The van der Waals surface area contributed by atoms with Crippen LogP contribution in [0.1, 0.15) is 27.0 Å². The third-order valence-corrected chi connectivity index (χ3v) is 4.09. The molecule has 0 bridgehead atoms. The van der Waals surface area contributed by atoms with Gasteiger partial charge in [0.2, 0.25) is 0 Å². The first-order valence-electron chi connectivity index (χ1n) is 8.39. The number of carbonyl (C=O) groups excluding carboxylic acids is 1. The van der Waals surface area contributed by atoms with Crippen LogP contribution in [0.25, 0.3) is 5.69 Å². The van der Waals surface area contributed by atoms with Crippen molar-refractivity contribution in [1.82, 2.24) is 15.1 Å². The van der Waals surface area contributed by atoms with E-state index in [4.69, 9.17) is 0 Å². The second kappa shape index (κ2) is 7.65. The number of rotatable bonds is 5. The second-order valence-corrected chi connectivity index (χ2v) is 6.21. The van der Waals surface area contributed by atoms with Crippen molar-refractivity contribution < 1.29 is 18.0 Å². The van der Waals surface area contributed by atoms with Crippen LogP contribution >= 0.6 is 0 Å². The lowest BCUT2D eigenvalue weighted by molar-refractivity contribution is -0.137. The van der Waals surface area contributed by atoms with E-state index in [1.165, 1.54) is 12.1 Å². The summed E-state index contributed by atoms with van der Waals surface area (Å²) in [7, 11) is 0. The van der Waals surface area contributed by atoms with E-state index in [0.29, 0.717) is 18.5 Å². The number of aromatic nitrogens is 2. The van der Waals surface area contributed by atoms with Gasteiger partial charge in [-0.15, -0.1) is 0 Å². The van der Waals surface area contributed by atoms with Crippen molar-refractivity contribution in [2.75, 3.05) is 6.54 Å². The summed E-state index contributed by atoms with van der Waals surface area (Å²) in [6, 6.07) is 12.0. The van der Waals surface area contributed by atoms with E-state index < -0.39 is 11.7 Å². The Kier molecular flexibility index (Phi) is 5.30. The zero-order valence-corrected chi connectivity index (χ0v) is 14.6. The number of amides is 1. The highest BCUT2D eigenvalue weighted by Gasteiger charge is 2.29. The Morgan fingerprint density at radius 2 is 1.74 bits per heavy atom. The number of nitrogens with one attached hydrogen (secondary N) is 1. The normalized spacial score (nSPS) is 11.4. The molecule has 0 aliphatic carbocycles. The fourth-order valence-corrected chi connectivity index (χ4v) is 2.60. The number of carbonyl (C=O) groups is 1. The van der Waals surface area contributed by atoms with E-state index >= 15 is 0 Å². The molecule has 1 amide bonds. The first-order chi connectivity index (χ1) is 12.8. The summed E-state index contributed by atoms with van der Waals surface area (Å²) in [4.78, 5) is 12.2. The lowest BCUT2D eigenvalue weighted by Crippen LogP contribution is -2.25. The summed E-state index contributed by atoms with van der Waals surface area (Å²) < 4.78 is 39.3. The summed E-state index contributed by atoms with van der Waals surface area (Å²) in [5, 5.41) is 6.98. The van der Waals surface area contributed by atoms with Crippen molar-refractivity contribution in [3.05, 3.63) is 83.2 Å². The quantitative estimate of drug-likeness (QED) is 0.730. The average molecular weight is 373 g/mol. The Balaban J connectivity index is 1.53. The van der Waals surface area contributed by atoms with Crippen LogP contribution in [0.3, 0.4) is 0 Å². The number of hydrogen-bond donors (Lipinski definition) is 1. The maximum absolute atomic E-state index is 12.5. The first-order valence-corrected chi connectivity index (χ1v) is 8.39. The van der Waals surface area contributed by atoms with Gasteiger partial charge in [0.15, 0.2) is 0 Å². The molecule has 7 heteroatoms. The van der Waals surface area contributed by atoms with Crippen LogP contribution in [0.5, 0.6) is 0 Å². The molecule has 4 nitrogen and oxygen atoms in total. The molecule has 1 heterocycles. The van der Waals surface area contributed by atoms with Crippen molar-refractivity contribution in [2.45, 2.75) is 19.5 Å². The highest BCUT2D eigenvalue weighted by Crippen LogP contribution is 2.29. The van der Waals surface area contributed by atoms with E-state index in [1.807, 2.05) is 13.1 Å². The summed E-state index contributed by atoms with van der Waals surface area (Å²) in [6.07, 6.45) is -0.247. The van der Waals surface area contributed by atoms with Gasteiger partial charge in [-0.25, -0.2) is 4.68 Å². The smallest absolute Gasteiger partial charge is 0.352 e. The molecule has 0 spiro atoms. The minimum absolute atomic E-state index is 0.231. The van der Waals surface area contributed by atoms with Gasteiger partial charge in [0.1, 0.15) is 0 Å². The van der Waals surface area contributed by atoms with Crippen LogP contribution in [0.4, 0.5) is 13.2 Å². The molecule has 2 aromatic carbocycles. The molecule has 0 saturated heterocycles. The third-order valence-electron chi connectivity index (χ3n) is 4.09. The van der Waals surface area contributed by atoms with E-state index in [2.05, 4.69) is 10.4 Å². The molecular weight excluding hydrogens is 355 g/mol. The lowest BCUT2D eigenvalue weighted by atomic mass is 10.1. The summed E-state index contributed by atoms with van der Waals surface area (Å²) in [6.45, 7) is 2.28. The minimum atomic E-state index is -4.34. The van der Waals surface area contributed by atoms with E-state index in [1.54, 1.807) is 35.1 Å². The topological polar surface area (TPSA) is 46.9 Å². The van der Waals surface area contributed by atoms with Gasteiger partial charge in [-0.1, -0.05) is 12.1 Å². The van der Waals surface area contributed by atoms with Gasteiger partial charge in [0.05, 0.1) is 17.4 Å². The second-order valence-electron chi connectivity index (χ2n) is 6.21. The molecule has 27 heavy (non-hydrogen) atoms. The van der Waals surface area contributed by atoms with Gasteiger partial charge in [0.25, 0.3) is 5.91 Å². The molecule has 3 rings (SSSR count). The maximum atomic E-state index is 12.5. The highest BCUT2D eigenvalue weighted by molar-refractivity contribution is 5.94. The van der Waals surface area contributed by atoms with Crippen molar-refractivity contribution in [2.24, 2.45) is 0 Å². The van der Waals surface area contributed by atoms with Gasteiger partial charge in [-0.3, -0.25) is 4.79 Å². The van der Waals surface area contributed by atoms with Gasteiger partial charge in [-0.05, 0) is 60.9 Å². The van der Waals surface area contributed by atoms with E-state index in [0.717, 1.165) is 28.9 Å². The molecule has 3 aromatic rings. The van der Waals surface area contributed by atoms with Crippen LogP contribution in [-0.4, -0.2) is 22.2 Å². The minimum Gasteiger partial charge on any atom is -0.352 e. The molecule has 0 aliphatic heterocycles. The Hall–Kier alpha value is -3.09. The van der Waals surface area contributed by atoms with Crippen LogP contribution < -0.4 is 5.32 Å². The zero-order valence-electron chi connectivity index (χ0n) is 14.6. The van der Waals surface area contributed by atoms with Crippen molar-refractivity contribution in [1.29, 1.82) is 0 Å². The first kappa shape index (κ1) is 18.7. The maximum Gasteiger partial charge on any atom is 0.416 e. The molecule has 140 valence electrons. The fourth-order valence-electron chi connectivity index (χ4n) is 2.60. The number of aryl methyl sites for hydroxylation is 1. The van der Waals surface area contributed by atoms with E-state index in [9.17, 15) is 18.0 Å². The SMILES string of the molecule is Cc1cnn(-c2ccc(C(=O)NCCc3ccc(C(F)(F)F)cc3)cc2)c1. The molecule has 0 aliphatic rings. The Labute approximate surface area is 154 Å². The average Bonchev–Trinajstić information content (AvgIpc) is 3.08. The number of nitrogens with zero attached hydrogens (tertiary/aromatic N) is 2. The zero-order chi connectivity index (χ0) is 19.4. The predicted molar refractivity (Wildman–Crippen MR) is 95.8 cm³/mol. The van der Waals surface area contributed by atoms with Crippen molar-refractivity contribution in [3.63, 3.8) is 0 Å². The molecule has 0 fully saturated rings. The number of halogens is 3. The molecule has 0 atom stereocenters. The van der Waals surface area contributed by atoms with Gasteiger partial charge in [0, 0.05) is 18.3 Å². The fraction of sp³-hybridized carbons (Fsp3) is 0.200. The Morgan fingerprint density at radius 3 is 2.30 bits per heavy atom. The number of benzene rings is 2. The molecule has 0 radical (unpaired) electrons. The van der Waals surface area contributed by atoms with E-state index in [-0.39, 0.29) is 5.91 Å². The van der Waals surface area contributed by atoms with Crippen LogP contribution in [-0.2, 0) is 12.6 Å². The van der Waals surface area contributed by atoms with Gasteiger partial charge >= 0.3 is 6.18 Å². The predicted octanol–water partition coefficient (Wildman–Crippen LogP) is 4.17. The summed E-state index contributed by atoms with van der Waals surface area (Å²) in [5.41, 5.74) is 2.45. The van der Waals surface area contributed by atoms with Crippen LogP contribution in [0, 0.1) is 6.92 Å². The monoisotopic (exact) mass is 373 g/mol. The van der Waals surface area contributed by atoms with Crippen LogP contribution in [0.15, 0.2) is 60.9 Å². The standard InChI is InChI=1S/C20H18F3N3O/c1-14-12-25-26(13-14)18-8-4-16(5-9-18)19(27)24-11-10-15-2-6-17(7-3-15)20(21,22)23/h2-9,12-13H,10-11H2,1H3,(H,24,27). The molecule has 0 unspecified atom stereocenters. The molecule has 1 aromatic heterocycles. The molecule has 1 N–H and O–H groups in total. The van der Waals surface area contributed by atoms with Gasteiger partial charge in [-0.2, -0.15) is 18.3 Å². The summed E-state index contributed by atoms with van der Waals surface area (Å²) >= 11 is 0. The van der Waals surface area contributed by atoms with Crippen molar-refractivity contribution >= 4 is 5.91 Å². The Bertz CT molecular complexity index is 913. The molecular formula is C20H18F3N3O. The van der Waals surface area contributed by atoms with Gasteiger partial charge < -0.3 is 5.32 Å². The van der Waals surface area contributed by atoms with Crippen LogP contribution in [0.2, 0.25) is 0 Å². The Morgan fingerprint density at radius 1 is 1.07 bits per heavy atom.